The van der Waals surface area contributed by atoms with Gasteiger partial charge in [-0.25, -0.2) is 9.89 Å². The van der Waals surface area contributed by atoms with Crippen LogP contribution in [0.2, 0.25) is 0 Å². The minimum absolute atomic E-state index is 0.127. The first-order chi connectivity index (χ1) is 12.6. The number of carboxylic acid groups (broad SMARTS) is 1. The van der Waals surface area contributed by atoms with Crippen molar-refractivity contribution in [3.05, 3.63) is 16.3 Å². The fraction of sp³-hybridized carbons (Fsp3) is 0.750. The van der Waals surface area contributed by atoms with Crippen LogP contribution in [-0.2, 0) is 20.7 Å². The Morgan fingerprint density at radius 1 is 1.35 bits per heavy atom. The Morgan fingerprint density at radius 3 is 2.77 bits per heavy atom. The highest BCUT2D eigenvalue weighted by atomic mass is 16.5. The van der Waals surface area contributed by atoms with Gasteiger partial charge in [-0.05, 0) is 18.8 Å². The number of carbonyl (C=O) groups is 2. The average Bonchev–Trinajstić information content (AvgIpc) is 3.41. The molecule has 10 heteroatoms. The van der Waals surface area contributed by atoms with E-state index in [4.69, 9.17) is 14.6 Å². The van der Waals surface area contributed by atoms with Gasteiger partial charge in [0.05, 0.1) is 19.3 Å². The van der Waals surface area contributed by atoms with E-state index in [0.717, 1.165) is 38.8 Å². The van der Waals surface area contributed by atoms with Gasteiger partial charge in [0.15, 0.2) is 0 Å². The molecule has 1 aliphatic carbocycles. The summed E-state index contributed by atoms with van der Waals surface area (Å²) in [5, 5.41) is 13.1. The number of aryl methyl sites for hydroxylation is 1. The number of hydrogen-bond donors (Lipinski definition) is 3. The van der Waals surface area contributed by atoms with Crippen molar-refractivity contribution in [3.63, 3.8) is 0 Å². The lowest BCUT2D eigenvalue weighted by molar-refractivity contribution is -0.140. The number of rotatable bonds is 4. The Bertz CT molecular complexity index is 670. The number of piperazine rings is 1. The summed E-state index contributed by atoms with van der Waals surface area (Å²) in [4.78, 5) is 38.9. The third-order valence-electron chi connectivity index (χ3n) is 5.20. The van der Waals surface area contributed by atoms with Crippen LogP contribution in [0.15, 0.2) is 4.79 Å². The van der Waals surface area contributed by atoms with E-state index >= 15 is 0 Å². The number of morpholine rings is 1. The predicted molar refractivity (Wildman–Crippen MR) is 90.6 cm³/mol. The first kappa shape index (κ1) is 18.6. The molecule has 3 N–H and O–H groups in total. The zero-order valence-corrected chi connectivity index (χ0v) is 14.6. The zero-order chi connectivity index (χ0) is 18.5. The zero-order valence-electron chi connectivity index (χ0n) is 14.6. The van der Waals surface area contributed by atoms with E-state index in [9.17, 15) is 9.59 Å². The molecule has 1 aromatic heterocycles. The fourth-order valence-corrected chi connectivity index (χ4v) is 3.80. The van der Waals surface area contributed by atoms with Crippen LogP contribution in [-0.4, -0.2) is 87.4 Å². The number of hydrogen-bond acceptors (Lipinski definition) is 6. The molecule has 1 saturated carbocycles. The standard InChI is InChI=1S/C15H23N5O3.CH2O2/c21-14(4-3-13-16-15(22)18-17-13)19-5-6-20-11(7-19)8-23-9-12(20)10-1-2-10;2-1-3/h10-12H,1-9H2,(H2,16,17,18,22);1H,(H,2,3)/t11-,12-;/m1./s1. The fourth-order valence-electron chi connectivity index (χ4n) is 3.80. The van der Waals surface area contributed by atoms with Gasteiger partial charge in [-0.1, -0.05) is 0 Å². The van der Waals surface area contributed by atoms with Crippen LogP contribution in [0, 0.1) is 5.92 Å². The molecule has 2 atom stereocenters. The minimum atomic E-state index is -0.327. The largest absolute Gasteiger partial charge is 0.483 e. The van der Waals surface area contributed by atoms with E-state index in [0.29, 0.717) is 30.7 Å². The van der Waals surface area contributed by atoms with E-state index < -0.39 is 0 Å². The summed E-state index contributed by atoms with van der Waals surface area (Å²) in [6.45, 7) is 3.80. The monoisotopic (exact) mass is 367 g/mol. The van der Waals surface area contributed by atoms with Crippen LogP contribution >= 0.6 is 0 Å². The molecule has 3 fully saturated rings. The molecule has 0 radical (unpaired) electrons. The number of H-pyrrole nitrogens is 2. The summed E-state index contributed by atoms with van der Waals surface area (Å²) in [6.07, 6.45) is 3.48. The van der Waals surface area contributed by atoms with Crippen molar-refractivity contribution in [2.45, 2.75) is 37.8 Å². The van der Waals surface area contributed by atoms with Crippen LogP contribution in [0.5, 0.6) is 0 Å². The number of aromatic nitrogens is 3. The van der Waals surface area contributed by atoms with Crippen molar-refractivity contribution >= 4 is 12.4 Å². The van der Waals surface area contributed by atoms with E-state index in [-0.39, 0.29) is 18.1 Å². The number of carbonyl (C=O) groups excluding carboxylic acids is 1. The molecule has 0 unspecified atom stereocenters. The van der Waals surface area contributed by atoms with E-state index in [1.807, 2.05) is 4.90 Å². The molecule has 1 amide bonds. The van der Waals surface area contributed by atoms with Crippen molar-refractivity contribution in [1.29, 1.82) is 0 Å². The third kappa shape index (κ3) is 4.50. The molecular formula is C16H25N5O5. The van der Waals surface area contributed by atoms with Gasteiger partial charge in [-0.2, -0.15) is 5.10 Å². The number of nitrogens with zero attached hydrogens (tertiary/aromatic N) is 3. The van der Waals surface area contributed by atoms with Crippen LogP contribution in [0.3, 0.4) is 0 Å². The van der Waals surface area contributed by atoms with E-state index in [2.05, 4.69) is 20.1 Å². The number of amides is 1. The summed E-state index contributed by atoms with van der Waals surface area (Å²) in [5.74, 6) is 1.47. The first-order valence-electron chi connectivity index (χ1n) is 8.95. The normalized spacial score (nSPS) is 25.8. The van der Waals surface area contributed by atoms with E-state index in [1.54, 1.807) is 0 Å². The maximum atomic E-state index is 12.4. The van der Waals surface area contributed by atoms with Crippen molar-refractivity contribution < 1.29 is 19.4 Å². The van der Waals surface area contributed by atoms with Gasteiger partial charge in [-0.3, -0.25) is 19.5 Å². The SMILES string of the molecule is O=C(CCc1n[nH]c(=O)[nH]1)N1CCN2[C@@H](COC[C@@H]2C2CC2)C1.O=CO. The molecule has 2 saturated heterocycles. The average molecular weight is 367 g/mol. The molecule has 4 rings (SSSR count). The highest BCUT2D eigenvalue weighted by Gasteiger charge is 2.43. The molecule has 0 spiro atoms. The molecule has 0 bridgehead atoms. The Labute approximate surface area is 150 Å². The molecule has 1 aromatic rings. The van der Waals surface area contributed by atoms with E-state index in [1.165, 1.54) is 12.8 Å². The van der Waals surface area contributed by atoms with Crippen LogP contribution < -0.4 is 5.69 Å². The van der Waals surface area contributed by atoms with Gasteiger partial charge in [0, 0.05) is 38.5 Å². The van der Waals surface area contributed by atoms with Gasteiger partial charge >= 0.3 is 5.69 Å². The quantitative estimate of drug-likeness (QED) is 0.585. The number of ether oxygens (including phenoxy) is 1. The number of fused-ring (bicyclic) bond motifs is 1. The lowest BCUT2D eigenvalue weighted by Crippen LogP contribution is -2.63. The van der Waals surface area contributed by atoms with Crippen molar-refractivity contribution in [2.24, 2.45) is 5.92 Å². The Hall–Kier alpha value is -2.20. The second-order valence-electron chi connectivity index (χ2n) is 6.90. The van der Waals surface area contributed by atoms with Gasteiger partial charge in [0.25, 0.3) is 6.47 Å². The second-order valence-corrected chi connectivity index (χ2v) is 6.90. The summed E-state index contributed by atoms with van der Waals surface area (Å²) < 4.78 is 5.78. The molecule has 3 aliphatic rings. The predicted octanol–water partition coefficient (Wildman–Crippen LogP) is -0.947. The van der Waals surface area contributed by atoms with Gasteiger partial charge in [0.1, 0.15) is 5.82 Å². The highest BCUT2D eigenvalue weighted by molar-refractivity contribution is 5.76. The summed E-state index contributed by atoms with van der Waals surface area (Å²) in [5.41, 5.74) is -0.327. The Morgan fingerprint density at radius 2 is 2.12 bits per heavy atom. The molecule has 10 nitrogen and oxygen atoms in total. The summed E-state index contributed by atoms with van der Waals surface area (Å²) >= 11 is 0. The van der Waals surface area contributed by atoms with Crippen molar-refractivity contribution in [2.75, 3.05) is 32.8 Å². The Kier molecular flexibility index (Phi) is 6.04. The maximum Gasteiger partial charge on any atom is 0.340 e. The van der Waals surface area contributed by atoms with Gasteiger partial charge in [0.2, 0.25) is 5.91 Å². The van der Waals surface area contributed by atoms with Crippen LogP contribution in [0.4, 0.5) is 0 Å². The second kappa shape index (κ2) is 8.45. The molecule has 2 aliphatic heterocycles. The lowest BCUT2D eigenvalue weighted by Gasteiger charge is -2.48. The third-order valence-corrected chi connectivity index (χ3v) is 5.20. The van der Waals surface area contributed by atoms with Crippen LogP contribution in [0.25, 0.3) is 0 Å². The molecular weight excluding hydrogens is 342 g/mol. The van der Waals surface area contributed by atoms with Crippen molar-refractivity contribution in [1.82, 2.24) is 25.0 Å². The number of aromatic amines is 2. The molecule has 0 aromatic carbocycles. The molecule has 3 heterocycles. The Balaban J connectivity index is 0.000000613. The minimum Gasteiger partial charge on any atom is -0.483 e. The first-order valence-corrected chi connectivity index (χ1v) is 8.95. The summed E-state index contributed by atoms with van der Waals surface area (Å²) in [6, 6.07) is 0.886. The molecule has 144 valence electrons. The van der Waals surface area contributed by atoms with Gasteiger partial charge < -0.3 is 14.7 Å². The van der Waals surface area contributed by atoms with Crippen LogP contribution in [0.1, 0.15) is 25.1 Å². The lowest BCUT2D eigenvalue weighted by atomic mass is 10.0. The summed E-state index contributed by atoms with van der Waals surface area (Å²) in [7, 11) is 0. The highest BCUT2D eigenvalue weighted by Crippen LogP contribution is 2.38. The number of nitrogens with one attached hydrogen (secondary N) is 2. The van der Waals surface area contributed by atoms with Gasteiger partial charge in [-0.15, -0.1) is 0 Å². The van der Waals surface area contributed by atoms with Crippen molar-refractivity contribution in [3.8, 4) is 0 Å². The molecule has 26 heavy (non-hydrogen) atoms. The smallest absolute Gasteiger partial charge is 0.340 e. The maximum absolute atomic E-state index is 12.4. The topological polar surface area (TPSA) is 132 Å².